The molecule has 0 saturated heterocycles. The molecule has 1 N–H and O–H groups in total. The van der Waals surface area contributed by atoms with E-state index in [9.17, 15) is 18.0 Å². The van der Waals surface area contributed by atoms with E-state index in [1.165, 1.54) is 23.4 Å². The third-order valence-corrected chi connectivity index (χ3v) is 6.69. The summed E-state index contributed by atoms with van der Waals surface area (Å²) in [5, 5.41) is 2.71. The van der Waals surface area contributed by atoms with Crippen LogP contribution in [-0.4, -0.2) is 32.8 Å². The fourth-order valence-corrected chi connectivity index (χ4v) is 4.82. The normalized spacial score (nSPS) is 15.5. The Morgan fingerprint density at radius 1 is 0.968 bits per heavy atom. The molecule has 158 valence electrons. The van der Waals surface area contributed by atoms with Crippen molar-refractivity contribution in [2.75, 3.05) is 16.2 Å². The summed E-state index contributed by atoms with van der Waals surface area (Å²) in [5.74, 6) is -0.339. The summed E-state index contributed by atoms with van der Waals surface area (Å²) in [6.07, 6.45) is -1.07. The largest absolute Gasteiger partial charge is 0.476 e. The van der Waals surface area contributed by atoms with E-state index >= 15 is 0 Å². The topological polar surface area (TPSA) is 92.8 Å². The van der Waals surface area contributed by atoms with Crippen LogP contribution in [0.4, 0.5) is 11.4 Å². The number of carbonyl (C=O) groups is 2. The second kappa shape index (κ2) is 8.23. The zero-order valence-corrected chi connectivity index (χ0v) is 17.5. The molecule has 4 rings (SSSR count). The standard InChI is InChI=1S/C23H20N2O5S/c1-16(26)17-8-7-9-18(14-17)24-23(27)22-15-25(20-12-5-6-13-21(20)30-22)31(28,29)19-10-3-2-4-11-19/h2-14,22H,15H2,1H3,(H,24,27). The fraction of sp³-hybridized carbons (Fsp3) is 0.130. The number of nitrogens with zero attached hydrogens (tertiary/aromatic N) is 1. The maximum Gasteiger partial charge on any atom is 0.267 e. The Kier molecular flexibility index (Phi) is 5.48. The van der Waals surface area contributed by atoms with Crippen molar-refractivity contribution in [3.05, 3.63) is 84.4 Å². The molecule has 0 bridgehead atoms. The minimum Gasteiger partial charge on any atom is -0.476 e. The Morgan fingerprint density at radius 3 is 2.42 bits per heavy atom. The Morgan fingerprint density at radius 2 is 1.68 bits per heavy atom. The number of rotatable bonds is 5. The van der Waals surface area contributed by atoms with Gasteiger partial charge in [-0.15, -0.1) is 0 Å². The Balaban J connectivity index is 1.65. The highest BCUT2D eigenvalue weighted by atomic mass is 32.2. The van der Waals surface area contributed by atoms with E-state index in [1.54, 1.807) is 66.7 Å². The lowest BCUT2D eigenvalue weighted by Gasteiger charge is -2.34. The number of ketones is 1. The molecule has 1 atom stereocenters. The quantitative estimate of drug-likeness (QED) is 0.618. The van der Waals surface area contributed by atoms with Gasteiger partial charge in [-0.2, -0.15) is 0 Å². The maximum atomic E-state index is 13.3. The van der Waals surface area contributed by atoms with Crippen LogP contribution in [0.2, 0.25) is 0 Å². The first-order chi connectivity index (χ1) is 14.9. The molecule has 1 amide bonds. The van der Waals surface area contributed by atoms with Crippen LogP contribution in [0.1, 0.15) is 17.3 Å². The predicted octanol–water partition coefficient (Wildman–Crippen LogP) is 3.48. The summed E-state index contributed by atoms with van der Waals surface area (Å²) in [6, 6.07) is 21.3. The van der Waals surface area contributed by atoms with Crippen molar-refractivity contribution >= 4 is 33.1 Å². The number of Topliss-reactive ketones (excluding diaryl/α,β-unsaturated/α-hetero) is 1. The molecule has 31 heavy (non-hydrogen) atoms. The first-order valence-corrected chi connectivity index (χ1v) is 11.1. The zero-order valence-electron chi connectivity index (χ0n) is 16.7. The molecule has 7 nitrogen and oxygen atoms in total. The average Bonchev–Trinajstić information content (AvgIpc) is 2.79. The highest BCUT2D eigenvalue weighted by Crippen LogP contribution is 2.36. The first-order valence-electron chi connectivity index (χ1n) is 9.61. The average molecular weight is 436 g/mol. The van der Waals surface area contributed by atoms with E-state index in [0.717, 1.165) is 0 Å². The van der Waals surface area contributed by atoms with Crippen LogP contribution >= 0.6 is 0 Å². The van der Waals surface area contributed by atoms with Crippen molar-refractivity contribution < 1.29 is 22.7 Å². The van der Waals surface area contributed by atoms with Crippen molar-refractivity contribution in [2.45, 2.75) is 17.9 Å². The summed E-state index contributed by atoms with van der Waals surface area (Å²) in [7, 11) is -3.90. The molecule has 8 heteroatoms. The summed E-state index contributed by atoms with van der Waals surface area (Å²) in [5.41, 5.74) is 1.26. The molecule has 0 saturated carbocycles. The summed E-state index contributed by atoms with van der Waals surface area (Å²) in [4.78, 5) is 24.6. The number of anilines is 2. The van der Waals surface area contributed by atoms with Crippen LogP contribution in [0.3, 0.4) is 0 Å². The number of amides is 1. The van der Waals surface area contributed by atoms with Crippen molar-refractivity contribution in [3.8, 4) is 5.75 Å². The molecule has 1 aliphatic heterocycles. The van der Waals surface area contributed by atoms with Crippen molar-refractivity contribution in [2.24, 2.45) is 0 Å². The lowest BCUT2D eigenvalue weighted by Crippen LogP contribution is -2.48. The molecule has 3 aromatic rings. The first kappa shape index (κ1) is 20.6. The van der Waals surface area contributed by atoms with E-state index in [2.05, 4.69) is 5.32 Å². The number of fused-ring (bicyclic) bond motifs is 1. The van der Waals surface area contributed by atoms with Gasteiger partial charge in [0.25, 0.3) is 15.9 Å². The molecule has 3 aromatic carbocycles. The van der Waals surface area contributed by atoms with Gasteiger partial charge >= 0.3 is 0 Å². The lowest BCUT2D eigenvalue weighted by atomic mass is 10.1. The highest BCUT2D eigenvalue weighted by molar-refractivity contribution is 7.92. The Hall–Kier alpha value is -3.65. The molecule has 1 heterocycles. The van der Waals surface area contributed by atoms with Crippen molar-refractivity contribution in [1.82, 2.24) is 0 Å². The number of nitrogens with one attached hydrogen (secondary N) is 1. The number of benzene rings is 3. The molecular formula is C23H20N2O5S. The van der Waals surface area contributed by atoms with Gasteiger partial charge in [-0.1, -0.05) is 42.5 Å². The van der Waals surface area contributed by atoms with Gasteiger partial charge in [0.15, 0.2) is 11.9 Å². The van der Waals surface area contributed by atoms with E-state index in [1.807, 2.05) is 0 Å². The van der Waals surface area contributed by atoms with Gasteiger partial charge in [0.05, 0.1) is 17.1 Å². The summed E-state index contributed by atoms with van der Waals surface area (Å²) < 4.78 is 33.6. The van der Waals surface area contributed by atoms with E-state index < -0.39 is 22.0 Å². The number of para-hydroxylation sites is 2. The van der Waals surface area contributed by atoms with Crippen LogP contribution in [0.5, 0.6) is 5.75 Å². The second-order valence-corrected chi connectivity index (χ2v) is 8.91. The molecular weight excluding hydrogens is 416 g/mol. The highest BCUT2D eigenvalue weighted by Gasteiger charge is 2.37. The van der Waals surface area contributed by atoms with Crippen LogP contribution in [0.15, 0.2) is 83.8 Å². The molecule has 1 aliphatic rings. The van der Waals surface area contributed by atoms with Crippen molar-refractivity contribution in [1.29, 1.82) is 0 Å². The molecule has 0 fully saturated rings. The fourth-order valence-electron chi connectivity index (χ4n) is 3.32. The number of hydrogen-bond donors (Lipinski definition) is 1. The van der Waals surface area contributed by atoms with Crippen LogP contribution < -0.4 is 14.4 Å². The zero-order chi connectivity index (χ0) is 22.0. The van der Waals surface area contributed by atoms with E-state index in [-0.39, 0.29) is 17.2 Å². The second-order valence-electron chi connectivity index (χ2n) is 7.05. The van der Waals surface area contributed by atoms with Gasteiger partial charge in [0, 0.05) is 11.3 Å². The minimum atomic E-state index is -3.90. The van der Waals surface area contributed by atoms with Gasteiger partial charge in [-0.05, 0) is 43.3 Å². The number of ether oxygens (including phenoxy) is 1. The number of hydrogen-bond acceptors (Lipinski definition) is 5. The van der Waals surface area contributed by atoms with E-state index in [4.69, 9.17) is 4.74 Å². The van der Waals surface area contributed by atoms with Gasteiger partial charge in [0.2, 0.25) is 0 Å². The van der Waals surface area contributed by atoms with Gasteiger partial charge in [-0.25, -0.2) is 8.42 Å². The lowest BCUT2D eigenvalue weighted by molar-refractivity contribution is -0.122. The molecule has 0 aliphatic carbocycles. The maximum absolute atomic E-state index is 13.3. The Bertz CT molecular complexity index is 1240. The minimum absolute atomic E-state index is 0.125. The summed E-state index contributed by atoms with van der Waals surface area (Å²) >= 11 is 0. The third-order valence-electron chi connectivity index (χ3n) is 4.90. The number of sulfonamides is 1. The smallest absolute Gasteiger partial charge is 0.267 e. The Labute approximate surface area is 180 Å². The van der Waals surface area contributed by atoms with Gasteiger partial charge in [0.1, 0.15) is 5.75 Å². The monoisotopic (exact) mass is 436 g/mol. The van der Waals surface area contributed by atoms with E-state index in [0.29, 0.717) is 22.7 Å². The SMILES string of the molecule is CC(=O)c1cccc(NC(=O)C2CN(S(=O)(=O)c3ccccc3)c3ccccc3O2)c1. The number of carbonyl (C=O) groups excluding carboxylic acids is 2. The molecule has 0 radical (unpaired) electrons. The molecule has 0 spiro atoms. The van der Waals surface area contributed by atoms with Crippen LogP contribution in [0, 0.1) is 0 Å². The summed E-state index contributed by atoms with van der Waals surface area (Å²) in [6.45, 7) is 1.25. The molecule has 1 unspecified atom stereocenters. The third kappa shape index (κ3) is 4.15. The van der Waals surface area contributed by atoms with Crippen LogP contribution in [0.25, 0.3) is 0 Å². The molecule has 0 aromatic heterocycles. The predicted molar refractivity (Wildman–Crippen MR) is 117 cm³/mol. The van der Waals surface area contributed by atoms with Gasteiger partial charge < -0.3 is 10.1 Å². The van der Waals surface area contributed by atoms with Crippen LogP contribution in [-0.2, 0) is 14.8 Å². The van der Waals surface area contributed by atoms with Crippen molar-refractivity contribution in [3.63, 3.8) is 0 Å². The van der Waals surface area contributed by atoms with Gasteiger partial charge in [-0.3, -0.25) is 13.9 Å².